The van der Waals surface area contributed by atoms with E-state index in [0.717, 1.165) is 12.8 Å². The molecule has 2 rings (SSSR count). The minimum absolute atomic E-state index is 0.111. The van der Waals surface area contributed by atoms with E-state index in [9.17, 15) is 18.0 Å². The molecule has 1 saturated heterocycles. The van der Waals surface area contributed by atoms with Crippen LogP contribution >= 0.6 is 0 Å². The van der Waals surface area contributed by atoms with Crippen molar-refractivity contribution in [2.45, 2.75) is 12.8 Å². The number of hydrogen-bond donors (Lipinski definition) is 1. The Bertz CT molecular complexity index is 711. The van der Waals surface area contributed by atoms with E-state index >= 15 is 0 Å². The number of sulfonamides is 1. The largest absolute Gasteiger partial charge is 0.352 e. The lowest BCUT2D eigenvalue weighted by Crippen LogP contribution is -2.43. The van der Waals surface area contributed by atoms with Crippen LogP contribution in [0.4, 0.5) is 0 Å². The van der Waals surface area contributed by atoms with Crippen molar-refractivity contribution < 1.29 is 13.2 Å². The topological polar surface area (TPSA) is 88.5 Å². The van der Waals surface area contributed by atoms with E-state index in [1.165, 1.54) is 33.5 Å². The van der Waals surface area contributed by atoms with Crippen LogP contribution in [0.15, 0.2) is 23.1 Å². The van der Waals surface area contributed by atoms with Crippen molar-refractivity contribution in [3.8, 4) is 0 Å². The molecule has 0 aliphatic carbocycles. The zero-order valence-electron chi connectivity index (χ0n) is 12.8. The fourth-order valence-electron chi connectivity index (χ4n) is 2.56. The van der Waals surface area contributed by atoms with Crippen LogP contribution in [0.5, 0.6) is 0 Å². The monoisotopic (exact) mass is 327 g/mol. The van der Waals surface area contributed by atoms with Crippen molar-refractivity contribution in [1.82, 2.24) is 14.2 Å². The molecular formula is C14H21N3O4S. The highest BCUT2D eigenvalue weighted by Crippen LogP contribution is 2.18. The van der Waals surface area contributed by atoms with Gasteiger partial charge in [-0.2, -0.15) is 0 Å². The van der Waals surface area contributed by atoms with Gasteiger partial charge in [-0.05, 0) is 24.8 Å². The minimum Gasteiger partial charge on any atom is -0.352 e. The molecule has 1 atom stereocenters. The van der Waals surface area contributed by atoms with Crippen molar-refractivity contribution in [3.63, 3.8) is 0 Å². The number of aryl methyl sites for hydroxylation is 1. The van der Waals surface area contributed by atoms with Crippen LogP contribution in [-0.4, -0.2) is 49.1 Å². The zero-order valence-corrected chi connectivity index (χ0v) is 13.6. The minimum atomic E-state index is -3.18. The van der Waals surface area contributed by atoms with Gasteiger partial charge in [-0.3, -0.25) is 9.59 Å². The summed E-state index contributed by atoms with van der Waals surface area (Å²) >= 11 is 0. The maximum Gasteiger partial charge on any atom is 0.252 e. The summed E-state index contributed by atoms with van der Waals surface area (Å²) in [7, 11) is -1.59. The van der Waals surface area contributed by atoms with Gasteiger partial charge in [-0.1, -0.05) is 0 Å². The smallest absolute Gasteiger partial charge is 0.252 e. The quantitative estimate of drug-likeness (QED) is 0.828. The summed E-state index contributed by atoms with van der Waals surface area (Å²) in [5, 5.41) is 2.81. The average Bonchev–Trinajstić information content (AvgIpc) is 2.47. The number of rotatable bonds is 4. The average molecular weight is 327 g/mol. The summed E-state index contributed by atoms with van der Waals surface area (Å²) in [5.74, 6) is -0.146. The Kier molecular flexibility index (Phi) is 5.02. The van der Waals surface area contributed by atoms with Crippen molar-refractivity contribution in [2.24, 2.45) is 13.0 Å². The number of hydrogen-bond acceptors (Lipinski definition) is 4. The van der Waals surface area contributed by atoms with Gasteiger partial charge in [0, 0.05) is 38.9 Å². The lowest BCUT2D eigenvalue weighted by atomic mass is 9.99. The fourth-order valence-corrected chi connectivity index (χ4v) is 3.50. The SMILES string of the molecule is Cn1cc(C(=O)NC[C@@H]2CCCN(S(C)(=O)=O)C2)ccc1=O. The Balaban J connectivity index is 1.93. The van der Waals surface area contributed by atoms with Gasteiger partial charge >= 0.3 is 0 Å². The van der Waals surface area contributed by atoms with Crippen LogP contribution in [0, 0.1) is 5.92 Å². The summed E-state index contributed by atoms with van der Waals surface area (Å²) in [5.41, 5.74) is 0.241. The Hall–Kier alpha value is -1.67. The third kappa shape index (κ3) is 4.17. The Morgan fingerprint density at radius 3 is 2.77 bits per heavy atom. The fraction of sp³-hybridized carbons (Fsp3) is 0.571. The first kappa shape index (κ1) is 16.7. The van der Waals surface area contributed by atoms with E-state index in [2.05, 4.69) is 5.32 Å². The lowest BCUT2D eigenvalue weighted by Gasteiger charge is -2.30. The summed E-state index contributed by atoms with van der Waals surface area (Å²) in [6, 6.07) is 2.84. The molecule has 0 saturated carbocycles. The summed E-state index contributed by atoms with van der Waals surface area (Å²) in [6.07, 6.45) is 4.38. The van der Waals surface area contributed by atoms with E-state index in [1.54, 1.807) is 7.05 Å². The van der Waals surface area contributed by atoms with Crippen LogP contribution < -0.4 is 10.9 Å². The number of pyridine rings is 1. The second kappa shape index (κ2) is 6.62. The van der Waals surface area contributed by atoms with Crippen LogP contribution in [0.2, 0.25) is 0 Å². The number of amides is 1. The first-order valence-corrected chi connectivity index (χ1v) is 9.02. The first-order valence-electron chi connectivity index (χ1n) is 7.17. The van der Waals surface area contributed by atoms with Crippen molar-refractivity contribution in [2.75, 3.05) is 25.9 Å². The Morgan fingerprint density at radius 2 is 2.14 bits per heavy atom. The van der Waals surface area contributed by atoms with Crippen molar-refractivity contribution in [1.29, 1.82) is 0 Å². The standard InChI is InChI=1S/C14H21N3O4S/c1-16-10-12(5-6-13(16)18)14(19)15-8-11-4-3-7-17(9-11)22(2,20)21/h5-6,10-11H,3-4,7-9H2,1-2H3,(H,15,19)/t11-/m0/s1. The summed E-state index contributed by atoms with van der Waals surface area (Å²) in [6.45, 7) is 1.41. The molecule has 0 unspecified atom stereocenters. The maximum atomic E-state index is 12.1. The molecule has 1 N–H and O–H groups in total. The van der Waals surface area contributed by atoms with Gasteiger partial charge in [-0.25, -0.2) is 12.7 Å². The van der Waals surface area contributed by atoms with E-state index in [-0.39, 0.29) is 17.4 Å². The molecule has 8 heteroatoms. The van der Waals surface area contributed by atoms with Crippen molar-refractivity contribution >= 4 is 15.9 Å². The van der Waals surface area contributed by atoms with E-state index in [1.807, 2.05) is 0 Å². The lowest BCUT2D eigenvalue weighted by molar-refractivity contribution is 0.0941. The van der Waals surface area contributed by atoms with Gasteiger partial charge < -0.3 is 9.88 Å². The number of carbonyl (C=O) groups excluding carboxylic acids is 1. The third-order valence-electron chi connectivity index (χ3n) is 3.85. The highest BCUT2D eigenvalue weighted by atomic mass is 32.2. The van der Waals surface area contributed by atoms with Gasteiger partial charge in [0.25, 0.3) is 5.91 Å². The molecule has 0 radical (unpaired) electrons. The van der Waals surface area contributed by atoms with Crippen LogP contribution in [-0.2, 0) is 17.1 Å². The molecule has 1 fully saturated rings. The van der Waals surface area contributed by atoms with E-state index in [4.69, 9.17) is 0 Å². The molecule has 1 aromatic rings. The molecule has 1 aliphatic rings. The third-order valence-corrected chi connectivity index (χ3v) is 5.12. The number of carbonyl (C=O) groups is 1. The van der Waals surface area contributed by atoms with Gasteiger partial charge in [0.05, 0.1) is 11.8 Å². The van der Waals surface area contributed by atoms with Gasteiger partial charge in [0.1, 0.15) is 0 Å². The molecular weight excluding hydrogens is 306 g/mol. The number of piperidine rings is 1. The highest BCUT2D eigenvalue weighted by Gasteiger charge is 2.26. The van der Waals surface area contributed by atoms with E-state index < -0.39 is 10.0 Å². The first-order chi connectivity index (χ1) is 10.3. The predicted molar refractivity (Wildman–Crippen MR) is 83.2 cm³/mol. The Labute approximate surface area is 130 Å². The van der Waals surface area contributed by atoms with E-state index in [0.29, 0.717) is 25.2 Å². The van der Waals surface area contributed by atoms with Crippen LogP contribution in [0.25, 0.3) is 0 Å². The molecule has 22 heavy (non-hydrogen) atoms. The maximum absolute atomic E-state index is 12.1. The molecule has 0 bridgehead atoms. The molecule has 2 heterocycles. The molecule has 1 aliphatic heterocycles. The molecule has 7 nitrogen and oxygen atoms in total. The molecule has 1 amide bonds. The van der Waals surface area contributed by atoms with Crippen LogP contribution in [0.1, 0.15) is 23.2 Å². The summed E-state index contributed by atoms with van der Waals surface area (Å²) < 4.78 is 25.9. The second-order valence-corrected chi connectivity index (χ2v) is 7.69. The molecule has 122 valence electrons. The van der Waals surface area contributed by atoms with Gasteiger partial charge in [-0.15, -0.1) is 0 Å². The van der Waals surface area contributed by atoms with Crippen molar-refractivity contribution in [3.05, 3.63) is 34.2 Å². The number of aromatic nitrogens is 1. The molecule has 0 spiro atoms. The Morgan fingerprint density at radius 1 is 1.41 bits per heavy atom. The van der Waals surface area contributed by atoms with Gasteiger partial charge in [0.15, 0.2) is 0 Å². The zero-order chi connectivity index (χ0) is 16.3. The highest BCUT2D eigenvalue weighted by molar-refractivity contribution is 7.88. The normalized spacial score (nSPS) is 19.8. The van der Waals surface area contributed by atoms with Crippen LogP contribution in [0.3, 0.4) is 0 Å². The predicted octanol–water partition coefficient (Wildman–Crippen LogP) is -0.213. The van der Waals surface area contributed by atoms with Gasteiger partial charge in [0.2, 0.25) is 15.6 Å². The second-order valence-electron chi connectivity index (χ2n) is 5.71. The molecule has 1 aromatic heterocycles. The molecule has 0 aromatic carbocycles. The number of nitrogens with one attached hydrogen (secondary N) is 1. The number of nitrogens with zero attached hydrogens (tertiary/aromatic N) is 2. The summed E-state index contributed by atoms with van der Waals surface area (Å²) in [4.78, 5) is 23.4.